The zero-order valence-electron chi connectivity index (χ0n) is 18.5. The van der Waals surface area contributed by atoms with E-state index in [2.05, 4.69) is 4.90 Å². The van der Waals surface area contributed by atoms with Crippen LogP contribution in [-0.4, -0.2) is 78.3 Å². The fraction of sp³-hybridized carbons (Fsp3) is 0.609. The van der Waals surface area contributed by atoms with Crippen LogP contribution in [0.25, 0.3) is 0 Å². The predicted octanol–water partition coefficient (Wildman–Crippen LogP) is 1.86. The first-order valence-electron chi connectivity index (χ1n) is 11.4. The van der Waals surface area contributed by atoms with Crippen LogP contribution in [0.15, 0.2) is 30.3 Å². The molecule has 2 atom stereocenters. The van der Waals surface area contributed by atoms with Crippen molar-refractivity contribution in [3.63, 3.8) is 0 Å². The van der Waals surface area contributed by atoms with Gasteiger partial charge in [0.05, 0.1) is 12.5 Å². The fourth-order valence-corrected chi connectivity index (χ4v) is 4.94. The van der Waals surface area contributed by atoms with Gasteiger partial charge in [-0.3, -0.25) is 19.7 Å². The monoisotopic (exact) mass is 444 g/mol. The summed E-state index contributed by atoms with van der Waals surface area (Å²) in [6, 6.07) is 9.06. The molecule has 174 valence electrons. The van der Waals surface area contributed by atoms with Crippen LogP contribution in [-0.2, 0) is 14.3 Å². The molecule has 2 aliphatic heterocycles. The zero-order valence-corrected chi connectivity index (χ0v) is 18.5. The van der Waals surface area contributed by atoms with Crippen LogP contribution in [0.1, 0.15) is 32.6 Å². The van der Waals surface area contributed by atoms with Gasteiger partial charge in [0, 0.05) is 38.4 Å². The second-order valence-electron chi connectivity index (χ2n) is 9.12. The molecular weight excluding hydrogens is 412 g/mol. The Labute approximate surface area is 188 Å². The second-order valence-corrected chi connectivity index (χ2v) is 9.12. The normalized spacial score (nSPS) is 24.2. The first-order valence-corrected chi connectivity index (χ1v) is 11.4. The Morgan fingerprint density at radius 2 is 1.81 bits per heavy atom. The molecule has 0 radical (unpaired) electrons. The summed E-state index contributed by atoms with van der Waals surface area (Å²) in [7, 11) is 0. The number of piperidine rings is 1. The van der Waals surface area contributed by atoms with Gasteiger partial charge in [0.25, 0.3) is 0 Å². The molecule has 1 saturated carbocycles. The fourth-order valence-electron chi connectivity index (χ4n) is 4.94. The minimum absolute atomic E-state index is 0.162. The standard InChI is InChI=1S/C23H32N4O5/c1-2-14-32-22(30)27-16-23(8-9-23)15-18(20(28)24-31)19(27)21(29)26-12-10-25(11-13-26)17-6-4-3-5-7-17/h3-7,18-19,31H,2,8-16H2,1H3,(H,24,28). The number of nitrogens with one attached hydrogen (secondary N) is 1. The maximum absolute atomic E-state index is 13.6. The quantitative estimate of drug-likeness (QED) is 0.531. The summed E-state index contributed by atoms with van der Waals surface area (Å²) in [5, 5.41) is 9.35. The van der Waals surface area contributed by atoms with E-state index in [1.165, 1.54) is 4.90 Å². The van der Waals surface area contributed by atoms with Crippen molar-refractivity contribution in [2.45, 2.75) is 38.6 Å². The van der Waals surface area contributed by atoms with Gasteiger partial charge in [-0.25, -0.2) is 10.3 Å². The number of carbonyl (C=O) groups excluding carboxylic acids is 3. The van der Waals surface area contributed by atoms with E-state index in [1.807, 2.05) is 37.3 Å². The molecule has 3 aliphatic rings. The van der Waals surface area contributed by atoms with Crippen molar-refractivity contribution in [3.8, 4) is 0 Å². The van der Waals surface area contributed by atoms with Crippen molar-refractivity contribution in [2.24, 2.45) is 11.3 Å². The van der Waals surface area contributed by atoms with Crippen LogP contribution in [0.3, 0.4) is 0 Å². The third-order valence-corrected chi connectivity index (χ3v) is 6.91. The van der Waals surface area contributed by atoms with Crippen molar-refractivity contribution >= 4 is 23.6 Å². The molecule has 3 fully saturated rings. The van der Waals surface area contributed by atoms with Gasteiger partial charge in [-0.05, 0) is 43.2 Å². The molecule has 32 heavy (non-hydrogen) atoms. The van der Waals surface area contributed by atoms with Gasteiger partial charge in [-0.15, -0.1) is 0 Å². The summed E-state index contributed by atoms with van der Waals surface area (Å²) in [4.78, 5) is 44.5. The minimum atomic E-state index is -0.971. The number of amides is 3. The van der Waals surface area contributed by atoms with Crippen molar-refractivity contribution in [3.05, 3.63) is 30.3 Å². The molecule has 2 heterocycles. The van der Waals surface area contributed by atoms with E-state index < -0.39 is 24.0 Å². The molecule has 2 unspecified atom stereocenters. The Morgan fingerprint density at radius 1 is 1.12 bits per heavy atom. The number of hydroxylamine groups is 1. The highest BCUT2D eigenvalue weighted by Gasteiger charge is 2.57. The molecule has 4 rings (SSSR count). The predicted molar refractivity (Wildman–Crippen MR) is 117 cm³/mol. The average Bonchev–Trinajstić information content (AvgIpc) is 3.59. The lowest BCUT2D eigenvalue weighted by molar-refractivity contribution is -0.150. The topological polar surface area (TPSA) is 102 Å². The number of benzene rings is 1. The number of rotatable bonds is 5. The molecule has 1 aromatic carbocycles. The Balaban J connectivity index is 1.52. The first kappa shape index (κ1) is 22.4. The number of nitrogens with zero attached hydrogens (tertiary/aromatic N) is 3. The van der Waals surface area contributed by atoms with Gasteiger partial charge < -0.3 is 14.5 Å². The van der Waals surface area contributed by atoms with Crippen molar-refractivity contribution in [1.29, 1.82) is 0 Å². The Bertz CT molecular complexity index is 836. The third kappa shape index (κ3) is 4.53. The molecule has 1 spiro atoms. The van der Waals surface area contributed by atoms with E-state index in [0.717, 1.165) is 18.5 Å². The largest absolute Gasteiger partial charge is 0.449 e. The number of carbonyl (C=O) groups is 3. The van der Waals surface area contributed by atoms with E-state index in [-0.39, 0.29) is 17.9 Å². The Hall–Kier alpha value is -2.81. The number of piperazine rings is 1. The van der Waals surface area contributed by atoms with Crippen molar-refractivity contribution in [2.75, 3.05) is 44.2 Å². The summed E-state index contributed by atoms with van der Waals surface area (Å²) >= 11 is 0. The number of para-hydroxylation sites is 1. The molecule has 1 aliphatic carbocycles. The van der Waals surface area contributed by atoms with Crippen molar-refractivity contribution < 1.29 is 24.3 Å². The lowest BCUT2D eigenvalue weighted by atomic mass is 9.80. The lowest BCUT2D eigenvalue weighted by Crippen LogP contribution is -2.63. The molecule has 2 N–H and O–H groups in total. The summed E-state index contributed by atoms with van der Waals surface area (Å²) in [6.07, 6.45) is 2.39. The van der Waals surface area contributed by atoms with E-state index in [0.29, 0.717) is 45.6 Å². The second kappa shape index (κ2) is 9.36. The highest BCUT2D eigenvalue weighted by molar-refractivity contribution is 5.93. The minimum Gasteiger partial charge on any atom is -0.449 e. The van der Waals surface area contributed by atoms with Crippen LogP contribution >= 0.6 is 0 Å². The van der Waals surface area contributed by atoms with Crippen molar-refractivity contribution in [1.82, 2.24) is 15.3 Å². The highest BCUT2D eigenvalue weighted by atomic mass is 16.6. The maximum Gasteiger partial charge on any atom is 0.410 e. The highest BCUT2D eigenvalue weighted by Crippen LogP contribution is 2.55. The number of hydrogen-bond donors (Lipinski definition) is 2. The molecule has 1 aromatic rings. The van der Waals surface area contributed by atoms with Gasteiger partial charge in [-0.1, -0.05) is 25.1 Å². The van der Waals surface area contributed by atoms with Crippen LogP contribution in [0.4, 0.5) is 10.5 Å². The molecule has 0 bridgehead atoms. The zero-order chi connectivity index (χ0) is 22.7. The van der Waals surface area contributed by atoms with E-state index >= 15 is 0 Å². The van der Waals surface area contributed by atoms with Gasteiger partial charge >= 0.3 is 6.09 Å². The van der Waals surface area contributed by atoms with Gasteiger partial charge in [-0.2, -0.15) is 0 Å². The van der Waals surface area contributed by atoms with Crippen LogP contribution in [0.5, 0.6) is 0 Å². The molecule has 2 saturated heterocycles. The molecule has 3 amide bonds. The van der Waals surface area contributed by atoms with Gasteiger partial charge in [0.15, 0.2) is 0 Å². The number of ether oxygens (including phenoxy) is 1. The average molecular weight is 445 g/mol. The SMILES string of the molecule is CCCOC(=O)N1CC2(CC2)CC(C(=O)NO)C1C(=O)N1CCN(c2ccccc2)CC1. The van der Waals surface area contributed by atoms with Crippen LogP contribution in [0.2, 0.25) is 0 Å². The van der Waals surface area contributed by atoms with Gasteiger partial charge in [0.1, 0.15) is 6.04 Å². The maximum atomic E-state index is 13.6. The number of anilines is 1. The number of hydrogen-bond acceptors (Lipinski definition) is 6. The van der Waals surface area contributed by atoms with Gasteiger partial charge in [0.2, 0.25) is 11.8 Å². The van der Waals surface area contributed by atoms with E-state index in [1.54, 1.807) is 10.4 Å². The molecular formula is C23H32N4O5. The molecule has 9 heteroatoms. The Kier molecular flexibility index (Phi) is 6.55. The first-order chi connectivity index (χ1) is 15.5. The van der Waals surface area contributed by atoms with E-state index in [9.17, 15) is 19.6 Å². The molecule has 0 aromatic heterocycles. The molecule has 9 nitrogen and oxygen atoms in total. The summed E-state index contributed by atoms with van der Waals surface area (Å²) in [5.74, 6) is -1.68. The summed E-state index contributed by atoms with van der Waals surface area (Å²) in [6.45, 7) is 4.91. The number of likely N-dealkylation sites (tertiary alicyclic amines) is 1. The van der Waals surface area contributed by atoms with Crippen LogP contribution < -0.4 is 10.4 Å². The van der Waals surface area contributed by atoms with Crippen LogP contribution in [0, 0.1) is 11.3 Å². The summed E-state index contributed by atoms with van der Waals surface area (Å²) in [5.41, 5.74) is 2.67. The van der Waals surface area contributed by atoms with E-state index in [4.69, 9.17) is 4.74 Å². The third-order valence-electron chi connectivity index (χ3n) is 6.91. The summed E-state index contributed by atoms with van der Waals surface area (Å²) < 4.78 is 5.37. The lowest BCUT2D eigenvalue weighted by Gasteiger charge is -2.45. The Morgan fingerprint density at radius 3 is 2.41 bits per heavy atom. The smallest absolute Gasteiger partial charge is 0.410 e.